The molecule has 2 aromatic carbocycles. The number of amides is 1. The van der Waals surface area contributed by atoms with Crippen molar-refractivity contribution in [3.63, 3.8) is 0 Å². The van der Waals surface area contributed by atoms with Gasteiger partial charge in [0.05, 0.1) is 0 Å². The lowest BCUT2D eigenvalue weighted by atomic mass is 10.1. The third kappa shape index (κ3) is 4.49. The van der Waals surface area contributed by atoms with Gasteiger partial charge in [0.15, 0.2) is 5.76 Å². The van der Waals surface area contributed by atoms with Gasteiger partial charge in [-0.2, -0.15) is 0 Å². The maximum Gasteiger partial charge on any atom is 0.287 e. The standard InChI is InChI=1S/C23H19BrN2O3/c1-15-20-11-18(24)6-9-21(20)29-22(15)23(27)26-13-16-4-7-19(8-5-16)28-14-17-3-2-10-25-12-17/h2-12H,13-14H2,1H3,(H,26,27). The Balaban J connectivity index is 1.36. The van der Waals surface area contributed by atoms with E-state index in [1.54, 1.807) is 12.4 Å². The predicted octanol–water partition coefficient (Wildman–Crippen LogP) is 5.41. The fraction of sp³-hybridized carbons (Fsp3) is 0.130. The van der Waals surface area contributed by atoms with Gasteiger partial charge in [-0.05, 0) is 48.9 Å². The number of pyridine rings is 1. The second-order valence-corrected chi connectivity index (χ2v) is 7.59. The predicted molar refractivity (Wildman–Crippen MR) is 115 cm³/mol. The summed E-state index contributed by atoms with van der Waals surface area (Å²) in [6, 6.07) is 17.2. The first-order chi connectivity index (χ1) is 14.1. The summed E-state index contributed by atoms with van der Waals surface area (Å²) in [5.74, 6) is 0.879. The van der Waals surface area contributed by atoms with Crippen molar-refractivity contribution in [2.75, 3.05) is 0 Å². The van der Waals surface area contributed by atoms with Crippen molar-refractivity contribution in [2.45, 2.75) is 20.1 Å². The van der Waals surface area contributed by atoms with Crippen LogP contribution in [0.4, 0.5) is 0 Å². The van der Waals surface area contributed by atoms with Crippen LogP contribution in [0.2, 0.25) is 0 Å². The Kier molecular flexibility index (Phi) is 5.62. The second kappa shape index (κ2) is 8.49. The number of aromatic nitrogens is 1. The average Bonchev–Trinajstić information content (AvgIpc) is 3.08. The maximum absolute atomic E-state index is 12.6. The number of hydrogen-bond donors (Lipinski definition) is 1. The van der Waals surface area contributed by atoms with Crippen LogP contribution in [0.25, 0.3) is 11.0 Å². The summed E-state index contributed by atoms with van der Waals surface area (Å²) in [5.41, 5.74) is 3.52. The van der Waals surface area contributed by atoms with Gasteiger partial charge in [-0.3, -0.25) is 9.78 Å². The van der Waals surface area contributed by atoms with Gasteiger partial charge in [0.25, 0.3) is 5.91 Å². The molecule has 0 saturated carbocycles. The van der Waals surface area contributed by atoms with Crippen molar-refractivity contribution in [2.24, 2.45) is 0 Å². The molecule has 0 aliphatic carbocycles. The number of rotatable bonds is 6. The van der Waals surface area contributed by atoms with Crippen LogP contribution < -0.4 is 10.1 Å². The molecule has 2 heterocycles. The number of carbonyl (C=O) groups excluding carboxylic acids is 1. The van der Waals surface area contributed by atoms with E-state index in [-0.39, 0.29) is 5.91 Å². The van der Waals surface area contributed by atoms with E-state index >= 15 is 0 Å². The lowest BCUT2D eigenvalue weighted by molar-refractivity contribution is 0.0924. The topological polar surface area (TPSA) is 64.4 Å². The van der Waals surface area contributed by atoms with E-state index in [0.29, 0.717) is 24.5 Å². The molecule has 146 valence electrons. The van der Waals surface area contributed by atoms with Crippen LogP contribution in [-0.2, 0) is 13.2 Å². The van der Waals surface area contributed by atoms with Gasteiger partial charge >= 0.3 is 0 Å². The summed E-state index contributed by atoms with van der Waals surface area (Å²) in [5, 5.41) is 3.85. The summed E-state index contributed by atoms with van der Waals surface area (Å²) in [4.78, 5) is 16.6. The highest BCUT2D eigenvalue weighted by Crippen LogP contribution is 2.28. The summed E-state index contributed by atoms with van der Waals surface area (Å²) in [6.45, 7) is 2.76. The molecule has 0 radical (unpaired) electrons. The lowest BCUT2D eigenvalue weighted by Crippen LogP contribution is -2.22. The highest BCUT2D eigenvalue weighted by atomic mass is 79.9. The molecule has 2 aromatic heterocycles. The van der Waals surface area contributed by atoms with Gasteiger partial charge in [0.2, 0.25) is 0 Å². The zero-order valence-corrected chi connectivity index (χ0v) is 17.4. The minimum Gasteiger partial charge on any atom is -0.489 e. The number of fused-ring (bicyclic) bond motifs is 1. The molecular formula is C23H19BrN2O3. The van der Waals surface area contributed by atoms with E-state index in [0.717, 1.165) is 32.3 Å². The number of halogens is 1. The number of nitrogens with zero attached hydrogens (tertiary/aromatic N) is 1. The third-order valence-corrected chi connectivity index (χ3v) is 5.10. The average molecular weight is 451 g/mol. The van der Waals surface area contributed by atoms with Crippen molar-refractivity contribution in [1.82, 2.24) is 10.3 Å². The SMILES string of the molecule is Cc1c(C(=O)NCc2ccc(OCc3cccnc3)cc2)oc2ccc(Br)cc12. The van der Waals surface area contributed by atoms with Gasteiger partial charge in [0.1, 0.15) is 17.9 Å². The summed E-state index contributed by atoms with van der Waals surface area (Å²) >= 11 is 3.45. The Morgan fingerprint density at radius 3 is 2.72 bits per heavy atom. The van der Waals surface area contributed by atoms with Crippen molar-refractivity contribution < 1.29 is 13.9 Å². The monoisotopic (exact) mass is 450 g/mol. The first-order valence-electron chi connectivity index (χ1n) is 9.17. The molecule has 0 bridgehead atoms. The first-order valence-corrected chi connectivity index (χ1v) is 9.97. The molecule has 0 aliphatic heterocycles. The Morgan fingerprint density at radius 1 is 1.14 bits per heavy atom. The van der Waals surface area contributed by atoms with E-state index in [9.17, 15) is 4.79 Å². The number of carbonyl (C=O) groups is 1. The van der Waals surface area contributed by atoms with Crippen LogP contribution in [0.1, 0.15) is 27.2 Å². The first kappa shape index (κ1) is 19.2. The second-order valence-electron chi connectivity index (χ2n) is 6.67. The summed E-state index contributed by atoms with van der Waals surface area (Å²) in [7, 11) is 0. The zero-order chi connectivity index (χ0) is 20.2. The van der Waals surface area contributed by atoms with E-state index in [1.165, 1.54) is 0 Å². The Bertz CT molecular complexity index is 1140. The van der Waals surface area contributed by atoms with E-state index in [1.807, 2.05) is 61.5 Å². The van der Waals surface area contributed by atoms with Gasteiger partial charge in [0, 0.05) is 39.9 Å². The quantitative estimate of drug-likeness (QED) is 0.426. The molecule has 4 rings (SSSR count). The van der Waals surface area contributed by atoms with Crippen molar-refractivity contribution in [1.29, 1.82) is 0 Å². The van der Waals surface area contributed by atoms with Crippen LogP contribution in [-0.4, -0.2) is 10.9 Å². The van der Waals surface area contributed by atoms with E-state index in [4.69, 9.17) is 9.15 Å². The number of furan rings is 1. The molecular weight excluding hydrogens is 432 g/mol. The minimum absolute atomic E-state index is 0.230. The van der Waals surface area contributed by atoms with Crippen LogP contribution in [0, 0.1) is 6.92 Å². The van der Waals surface area contributed by atoms with E-state index in [2.05, 4.69) is 26.2 Å². The van der Waals surface area contributed by atoms with Crippen LogP contribution in [0.15, 0.2) is 75.9 Å². The Hall–Kier alpha value is -3.12. The largest absolute Gasteiger partial charge is 0.489 e. The van der Waals surface area contributed by atoms with Crippen LogP contribution in [0.5, 0.6) is 5.75 Å². The van der Waals surface area contributed by atoms with Crippen LogP contribution in [0.3, 0.4) is 0 Å². The fourth-order valence-electron chi connectivity index (χ4n) is 3.03. The molecule has 5 nitrogen and oxygen atoms in total. The molecule has 0 unspecified atom stereocenters. The lowest BCUT2D eigenvalue weighted by Gasteiger charge is -2.08. The van der Waals surface area contributed by atoms with Crippen molar-refractivity contribution in [3.05, 3.63) is 93.9 Å². The molecule has 1 amide bonds. The number of ether oxygens (including phenoxy) is 1. The summed E-state index contributed by atoms with van der Waals surface area (Å²) < 4.78 is 12.4. The van der Waals surface area contributed by atoms with Gasteiger partial charge in [-0.15, -0.1) is 0 Å². The third-order valence-electron chi connectivity index (χ3n) is 4.61. The highest BCUT2D eigenvalue weighted by Gasteiger charge is 2.17. The fourth-order valence-corrected chi connectivity index (χ4v) is 3.39. The minimum atomic E-state index is -0.230. The highest BCUT2D eigenvalue weighted by molar-refractivity contribution is 9.10. The summed E-state index contributed by atoms with van der Waals surface area (Å²) in [6.07, 6.45) is 3.51. The molecule has 0 fully saturated rings. The molecule has 0 aliphatic rings. The molecule has 29 heavy (non-hydrogen) atoms. The number of nitrogens with one attached hydrogen (secondary N) is 1. The normalized spacial score (nSPS) is 10.8. The van der Waals surface area contributed by atoms with Crippen molar-refractivity contribution >= 4 is 32.8 Å². The number of aryl methyl sites for hydroxylation is 1. The molecule has 4 aromatic rings. The Labute approximate surface area is 176 Å². The zero-order valence-electron chi connectivity index (χ0n) is 15.8. The Morgan fingerprint density at radius 2 is 1.97 bits per heavy atom. The van der Waals surface area contributed by atoms with Gasteiger partial charge in [-0.1, -0.05) is 34.1 Å². The molecule has 0 atom stereocenters. The maximum atomic E-state index is 12.6. The molecule has 6 heteroatoms. The molecule has 0 spiro atoms. The van der Waals surface area contributed by atoms with Crippen molar-refractivity contribution in [3.8, 4) is 5.75 Å². The number of benzene rings is 2. The van der Waals surface area contributed by atoms with Gasteiger partial charge < -0.3 is 14.5 Å². The van der Waals surface area contributed by atoms with E-state index < -0.39 is 0 Å². The molecule has 1 N–H and O–H groups in total. The van der Waals surface area contributed by atoms with Crippen LogP contribution >= 0.6 is 15.9 Å². The van der Waals surface area contributed by atoms with Gasteiger partial charge in [-0.25, -0.2) is 0 Å². The smallest absolute Gasteiger partial charge is 0.287 e. The molecule has 0 saturated heterocycles. The number of hydrogen-bond acceptors (Lipinski definition) is 4.